The number of carbonyl (C=O) groups excluding carboxylic acids is 2. The van der Waals surface area contributed by atoms with Crippen molar-refractivity contribution in [3.8, 4) is 0 Å². The number of aliphatic imine (C=N–C) groups is 1. The molecule has 2 atom stereocenters. The predicted octanol–water partition coefficient (Wildman–Crippen LogP) is 5.47. The van der Waals surface area contributed by atoms with Crippen LogP contribution in [0.15, 0.2) is 120 Å². The van der Waals surface area contributed by atoms with Crippen LogP contribution < -0.4 is 4.90 Å². The van der Waals surface area contributed by atoms with Crippen LogP contribution in [0.25, 0.3) is 0 Å². The van der Waals surface area contributed by atoms with Gasteiger partial charge in [-0.3, -0.25) is 14.6 Å². The SMILES string of the molecule is CN1C(=O)[C@H](C(Cc2ccccc2)C(=O)OCc2ccccc2)N=C(c2ccccc2)c2ccccc21. The largest absolute Gasteiger partial charge is 0.461 e. The quantitative estimate of drug-likeness (QED) is 0.324. The van der Waals surface area contributed by atoms with Gasteiger partial charge in [0.25, 0.3) is 5.91 Å². The summed E-state index contributed by atoms with van der Waals surface area (Å²) in [5.74, 6) is -1.48. The Morgan fingerprint density at radius 3 is 2.05 bits per heavy atom. The summed E-state index contributed by atoms with van der Waals surface area (Å²) in [5, 5.41) is 0. The van der Waals surface area contributed by atoms with Crippen molar-refractivity contribution in [3.63, 3.8) is 0 Å². The number of carbonyl (C=O) groups is 2. The zero-order chi connectivity index (χ0) is 25.6. The third-order valence-electron chi connectivity index (χ3n) is 6.63. The van der Waals surface area contributed by atoms with Crippen molar-refractivity contribution >= 4 is 23.3 Å². The highest BCUT2D eigenvalue weighted by molar-refractivity contribution is 6.20. The molecule has 1 aliphatic rings. The summed E-state index contributed by atoms with van der Waals surface area (Å²) in [6.07, 6.45) is 0.334. The fourth-order valence-corrected chi connectivity index (χ4v) is 4.66. The summed E-state index contributed by atoms with van der Waals surface area (Å²) in [6, 6.07) is 35.8. The third kappa shape index (κ3) is 5.36. The number of benzene rings is 4. The van der Waals surface area contributed by atoms with Gasteiger partial charge >= 0.3 is 5.97 Å². The van der Waals surface area contributed by atoms with Crippen LogP contribution in [-0.2, 0) is 27.4 Å². The van der Waals surface area contributed by atoms with E-state index >= 15 is 0 Å². The molecular weight excluding hydrogens is 460 g/mol. The van der Waals surface area contributed by atoms with Crippen LogP contribution in [-0.4, -0.2) is 30.7 Å². The lowest BCUT2D eigenvalue weighted by Crippen LogP contribution is -2.43. The lowest BCUT2D eigenvalue weighted by atomic mass is 9.91. The number of benzodiazepines with no additional fused rings is 1. The van der Waals surface area contributed by atoms with E-state index in [2.05, 4.69) is 0 Å². The van der Waals surface area contributed by atoms with Crippen LogP contribution in [0, 0.1) is 5.92 Å². The number of likely N-dealkylation sites (N-methyl/N-ethyl adjacent to an activating group) is 1. The smallest absolute Gasteiger partial charge is 0.312 e. The Kier molecular flexibility index (Phi) is 7.22. The van der Waals surface area contributed by atoms with Crippen molar-refractivity contribution in [3.05, 3.63) is 138 Å². The molecule has 5 nitrogen and oxygen atoms in total. The highest BCUT2D eigenvalue weighted by Crippen LogP contribution is 2.31. The van der Waals surface area contributed by atoms with E-state index in [0.29, 0.717) is 12.1 Å². The number of fused-ring (bicyclic) bond motifs is 1. The Morgan fingerprint density at radius 2 is 1.38 bits per heavy atom. The van der Waals surface area contributed by atoms with E-state index in [9.17, 15) is 9.59 Å². The molecule has 1 aliphatic heterocycles. The summed E-state index contributed by atoms with van der Waals surface area (Å²) in [5.41, 5.74) is 5.02. The van der Waals surface area contributed by atoms with Crippen LogP contribution in [0.5, 0.6) is 0 Å². The van der Waals surface area contributed by atoms with Gasteiger partial charge in [0.2, 0.25) is 0 Å². The Bertz CT molecular complexity index is 1400. The van der Waals surface area contributed by atoms with Crippen LogP contribution >= 0.6 is 0 Å². The zero-order valence-corrected chi connectivity index (χ0v) is 20.7. The first-order valence-electron chi connectivity index (χ1n) is 12.4. The van der Waals surface area contributed by atoms with Crippen LogP contribution in [0.4, 0.5) is 5.69 Å². The standard InChI is InChI=1S/C32H28N2O3/c1-34-28-20-12-11-19-26(28)29(25-17-9-4-10-18-25)33-30(31(34)35)27(21-23-13-5-2-6-14-23)32(36)37-22-24-15-7-3-8-16-24/h2-20,27,30H,21-22H2,1H3/t27?,30-/m0/s1. The topological polar surface area (TPSA) is 59.0 Å². The van der Waals surface area contributed by atoms with E-state index < -0.39 is 17.9 Å². The molecule has 0 spiro atoms. The van der Waals surface area contributed by atoms with Gasteiger partial charge < -0.3 is 9.64 Å². The van der Waals surface area contributed by atoms with Crippen LogP contribution in [0.2, 0.25) is 0 Å². The minimum atomic E-state index is -0.948. The predicted molar refractivity (Wildman–Crippen MR) is 146 cm³/mol. The Balaban J connectivity index is 1.57. The first-order chi connectivity index (χ1) is 18.1. The summed E-state index contributed by atoms with van der Waals surface area (Å²) in [7, 11) is 1.74. The first-order valence-corrected chi connectivity index (χ1v) is 12.4. The molecule has 1 unspecified atom stereocenters. The van der Waals surface area contributed by atoms with Crippen molar-refractivity contribution in [2.45, 2.75) is 19.1 Å². The molecule has 5 heteroatoms. The molecule has 0 bridgehead atoms. The van der Waals surface area contributed by atoms with Gasteiger partial charge in [-0.2, -0.15) is 0 Å². The maximum absolute atomic E-state index is 13.9. The summed E-state index contributed by atoms with van der Waals surface area (Å²) in [6.45, 7) is 0.136. The van der Waals surface area contributed by atoms with Crippen molar-refractivity contribution in [2.24, 2.45) is 10.9 Å². The number of anilines is 1. The second-order valence-electron chi connectivity index (χ2n) is 9.09. The van der Waals surface area contributed by atoms with E-state index in [4.69, 9.17) is 9.73 Å². The number of hydrogen-bond acceptors (Lipinski definition) is 4. The van der Waals surface area contributed by atoms with E-state index in [0.717, 1.165) is 27.9 Å². The number of para-hydroxylation sites is 1. The summed E-state index contributed by atoms with van der Waals surface area (Å²) >= 11 is 0. The van der Waals surface area contributed by atoms with Crippen LogP contribution in [0.3, 0.4) is 0 Å². The Morgan fingerprint density at radius 1 is 0.811 bits per heavy atom. The molecule has 4 aromatic rings. The number of esters is 1. The molecule has 1 amide bonds. The van der Waals surface area contributed by atoms with Crippen LogP contribution in [0.1, 0.15) is 22.3 Å². The molecule has 0 aromatic heterocycles. The zero-order valence-electron chi connectivity index (χ0n) is 20.7. The van der Waals surface area contributed by atoms with E-state index in [-0.39, 0.29) is 12.5 Å². The van der Waals surface area contributed by atoms with Crippen molar-refractivity contribution < 1.29 is 14.3 Å². The number of hydrogen-bond donors (Lipinski definition) is 0. The van der Waals surface area contributed by atoms with Gasteiger partial charge in [-0.15, -0.1) is 0 Å². The number of ether oxygens (including phenoxy) is 1. The molecule has 0 saturated heterocycles. The molecule has 184 valence electrons. The molecule has 0 N–H and O–H groups in total. The van der Waals surface area contributed by atoms with Gasteiger partial charge in [0.1, 0.15) is 12.6 Å². The molecular formula is C32H28N2O3. The normalized spacial score (nSPS) is 15.8. The van der Waals surface area contributed by atoms with Gasteiger partial charge in [0, 0.05) is 18.2 Å². The van der Waals surface area contributed by atoms with Crippen molar-refractivity contribution in [1.82, 2.24) is 0 Å². The molecule has 0 radical (unpaired) electrons. The van der Waals surface area contributed by atoms with Gasteiger partial charge in [-0.25, -0.2) is 0 Å². The average Bonchev–Trinajstić information content (AvgIpc) is 3.06. The number of nitrogens with zero attached hydrogens (tertiary/aromatic N) is 2. The second kappa shape index (κ2) is 11.0. The number of amides is 1. The molecule has 0 saturated carbocycles. The van der Waals surface area contributed by atoms with Gasteiger partial charge in [-0.1, -0.05) is 109 Å². The van der Waals surface area contributed by atoms with Gasteiger partial charge in [-0.05, 0) is 23.6 Å². The molecule has 1 heterocycles. The fourth-order valence-electron chi connectivity index (χ4n) is 4.66. The first kappa shape index (κ1) is 24.2. The highest BCUT2D eigenvalue weighted by atomic mass is 16.5. The molecule has 4 aromatic carbocycles. The minimum Gasteiger partial charge on any atom is -0.461 e. The lowest BCUT2D eigenvalue weighted by molar-refractivity contribution is -0.152. The molecule has 0 aliphatic carbocycles. The Labute approximate surface area is 217 Å². The highest BCUT2D eigenvalue weighted by Gasteiger charge is 2.39. The molecule has 37 heavy (non-hydrogen) atoms. The second-order valence-corrected chi connectivity index (χ2v) is 9.09. The summed E-state index contributed by atoms with van der Waals surface area (Å²) < 4.78 is 5.78. The fraction of sp³-hybridized carbons (Fsp3) is 0.156. The minimum absolute atomic E-state index is 0.136. The third-order valence-corrected chi connectivity index (χ3v) is 6.63. The van der Waals surface area contributed by atoms with E-state index in [1.165, 1.54) is 0 Å². The monoisotopic (exact) mass is 488 g/mol. The maximum Gasteiger partial charge on any atom is 0.312 e. The Hall–Kier alpha value is -4.51. The number of rotatable bonds is 7. The molecule has 0 fully saturated rings. The van der Waals surface area contributed by atoms with E-state index in [1.54, 1.807) is 11.9 Å². The van der Waals surface area contributed by atoms with Gasteiger partial charge in [0.05, 0.1) is 17.3 Å². The lowest BCUT2D eigenvalue weighted by Gasteiger charge is -2.25. The van der Waals surface area contributed by atoms with Crippen molar-refractivity contribution in [2.75, 3.05) is 11.9 Å². The van der Waals surface area contributed by atoms with Gasteiger partial charge in [0.15, 0.2) is 0 Å². The maximum atomic E-state index is 13.9. The summed E-state index contributed by atoms with van der Waals surface area (Å²) in [4.78, 5) is 34.2. The molecule has 5 rings (SSSR count). The van der Waals surface area contributed by atoms with E-state index in [1.807, 2.05) is 115 Å². The van der Waals surface area contributed by atoms with Crippen molar-refractivity contribution in [1.29, 1.82) is 0 Å². The average molecular weight is 489 g/mol.